The molecule has 1 amide bonds. The van der Waals surface area contributed by atoms with E-state index in [1.54, 1.807) is 0 Å². The predicted octanol–water partition coefficient (Wildman–Crippen LogP) is 1.23. The number of benzene rings is 1. The van der Waals surface area contributed by atoms with Crippen molar-refractivity contribution >= 4 is 15.9 Å². The van der Waals surface area contributed by atoms with Crippen molar-refractivity contribution in [1.82, 2.24) is 9.62 Å². The lowest BCUT2D eigenvalue weighted by atomic mass is 9.87. The number of sulfonamides is 1. The van der Waals surface area contributed by atoms with Gasteiger partial charge in [0.15, 0.2) is 0 Å². The van der Waals surface area contributed by atoms with Crippen LogP contribution in [0.25, 0.3) is 0 Å². The van der Waals surface area contributed by atoms with Gasteiger partial charge in [0.1, 0.15) is 0 Å². The summed E-state index contributed by atoms with van der Waals surface area (Å²) in [7, 11) is -3.56. The number of hydrogen-bond donors (Lipinski definition) is 2. The minimum absolute atomic E-state index is 0.166. The molecule has 1 aromatic carbocycles. The van der Waals surface area contributed by atoms with E-state index in [1.165, 1.54) is 28.6 Å². The van der Waals surface area contributed by atoms with E-state index in [-0.39, 0.29) is 16.2 Å². The van der Waals surface area contributed by atoms with Gasteiger partial charge < -0.3 is 15.2 Å². The lowest BCUT2D eigenvalue weighted by molar-refractivity contribution is 0.0551. The molecule has 146 valence electrons. The lowest BCUT2D eigenvalue weighted by Gasteiger charge is -2.26. The van der Waals surface area contributed by atoms with Gasteiger partial charge in [0, 0.05) is 25.2 Å². The second kappa shape index (κ2) is 8.47. The smallest absolute Gasteiger partial charge is 0.251 e. The fourth-order valence-electron chi connectivity index (χ4n) is 2.57. The van der Waals surface area contributed by atoms with E-state index in [1.807, 2.05) is 20.8 Å². The highest BCUT2D eigenvalue weighted by Gasteiger charge is 2.26. The first-order valence-electron chi connectivity index (χ1n) is 8.76. The summed E-state index contributed by atoms with van der Waals surface area (Å²) in [6.45, 7) is 7.61. The third-order valence-electron chi connectivity index (χ3n) is 4.43. The van der Waals surface area contributed by atoms with Crippen LogP contribution in [0.15, 0.2) is 29.2 Å². The Hall–Kier alpha value is -1.48. The number of rotatable bonds is 6. The van der Waals surface area contributed by atoms with Crippen LogP contribution in [-0.4, -0.2) is 62.7 Å². The number of amides is 1. The first-order chi connectivity index (χ1) is 12.1. The van der Waals surface area contributed by atoms with Gasteiger partial charge in [0.25, 0.3) is 5.91 Å². The summed E-state index contributed by atoms with van der Waals surface area (Å²) in [4.78, 5) is 12.3. The van der Waals surface area contributed by atoms with Gasteiger partial charge in [-0.1, -0.05) is 20.8 Å². The number of nitrogens with one attached hydrogen (secondary N) is 1. The Morgan fingerprint density at radius 3 is 2.35 bits per heavy atom. The average Bonchev–Trinajstić information content (AvgIpc) is 2.61. The second-order valence-electron chi connectivity index (χ2n) is 7.47. The Balaban J connectivity index is 1.95. The zero-order valence-corrected chi connectivity index (χ0v) is 16.4. The number of aliphatic hydroxyl groups is 1. The highest BCUT2D eigenvalue weighted by atomic mass is 32.2. The molecule has 1 aromatic rings. The molecule has 7 nitrogen and oxygen atoms in total. The molecule has 1 unspecified atom stereocenters. The maximum absolute atomic E-state index is 12.6. The summed E-state index contributed by atoms with van der Waals surface area (Å²) in [6.07, 6.45) is -0.0533. The molecule has 2 rings (SSSR count). The molecule has 8 heteroatoms. The second-order valence-corrected chi connectivity index (χ2v) is 9.41. The molecule has 1 atom stereocenters. The van der Waals surface area contributed by atoms with Crippen LogP contribution in [0.3, 0.4) is 0 Å². The maximum atomic E-state index is 12.6. The third kappa shape index (κ3) is 5.26. The first-order valence-corrected chi connectivity index (χ1v) is 10.2. The fraction of sp³-hybridized carbons (Fsp3) is 0.611. The molecule has 1 aliphatic heterocycles. The standard InChI is InChI=1S/C18H28N2O5S/c1-18(2,3)16(21)8-9-19-17(22)14-4-6-15(7-5-14)26(23,24)20-10-12-25-13-11-20/h4-7,16,21H,8-13H2,1-3H3,(H,19,22). The van der Waals surface area contributed by atoms with E-state index in [0.717, 1.165) is 0 Å². The molecule has 0 spiro atoms. The number of ether oxygens (including phenoxy) is 1. The third-order valence-corrected chi connectivity index (χ3v) is 6.34. The van der Waals surface area contributed by atoms with E-state index in [2.05, 4.69) is 5.32 Å². The first kappa shape index (κ1) is 20.8. The Kier molecular flexibility index (Phi) is 6.79. The van der Waals surface area contributed by atoms with E-state index >= 15 is 0 Å². The Morgan fingerprint density at radius 1 is 1.23 bits per heavy atom. The number of hydrogen-bond acceptors (Lipinski definition) is 5. The van der Waals surface area contributed by atoms with Gasteiger partial charge in [-0.15, -0.1) is 0 Å². The van der Waals surface area contributed by atoms with Crippen LogP contribution < -0.4 is 5.32 Å². The Labute approximate surface area is 155 Å². The van der Waals surface area contributed by atoms with Crippen LogP contribution in [0.1, 0.15) is 37.6 Å². The van der Waals surface area contributed by atoms with Crippen molar-refractivity contribution in [3.8, 4) is 0 Å². The molecule has 0 aliphatic carbocycles. The van der Waals surface area contributed by atoms with Gasteiger partial charge in [-0.25, -0.2) is 8.42 Å². The monoisotopic (exact) mass is 384 g/mol. The lowest BCUT2D eigenvalue weighted by Crippen LogP contribution is -2.40. The predicted molar refractivity (Wildman–Crippen MR) is 98.4 cm³/mol. The zero-order chi connectivity index (χ0) is 19.4. The molecule has 1 aliphatic rings. The zero-order valence-electron chi connectivity index (χ0n) is 15.6. The molecule has 0 saturated carbocycles. The molecular formula is C18H28N2O5S. The molecule has 0 aromatic heterocycles. The van der Waals surface area contributed by atoms with Gasteiger partial charge >= 0.3 is 0 Å². The number of nitrogens with zero attached hydrogens (tertiary/aromatic N) is 1. The van der Waals surface area contributed by atoms with Gasteiger partial charge in [0.05, 0.1) is 24.2 Å². The minimum atomic E-state index is -3.56. The van der Waals surface area contributed by atoms with Crippen molar-refractivity contribution in [3.05, 3.63) is 29.8 Å². The molecule has 1 saturated heterocycles. The van der Waals surface area contributed by atoms with Gasteiger partial charge in [-0.05, 0) is 36.1 Å². The number of carbonyl (C=O) groups is 1. The Bertz CT molecular complexity index is 704. The van der Waals surface area contributed by atoms with Crippen LogP contribution in [-0.2, 0) is 14.8 Å². The average molecular weight is 384 g/mol. The number of aliphatic hydroxyl groups excluding tert-OH is 1. The molecule has 0 radical (unpaired) electrons. The van der Waals surface area contributed by atoms with Gasteiger partial charge in [-0.3, -0.25) is 4.79 Å². The van der Waals surface area contributed by atoms with E-state index in [9.17, 15) is 18.3 Å². The van der Waals surface area contributed by atoms with Gasteiger partial charge in [-0.2, -0.15) is 4.31 Å². The fourth-order valence-corrected chi connectivity index (χ4v) is 3.98. The van der Waals surface area contributed by atoms with Crippen molar-refractivity contribution < 1.29 is 23.1 Å². The highest BCUT2D eigenvalue weighted by Crippen LogP contribution is 2.21. The van der Waals surface area contributed by atoms with Crippen molar-refractivity contribution in [3.63, 3.8) is 0 Å². The highest BCUT2D eigenvalue weighted by molar-refractivity contribution is 7.89. The summed E-state index contributed by atoms with van der Waals surface area (Å²) in [5.74, 6) is -0.290. The SMILES string of the molecule is CC(C)(C)C(O)CCNC(=O)c1ccc(S(=O)(=O)N2CCOCC2)cc1. The van der Waals surface area contributed by atoms with Crippen LogP contribution in [0.4, 0.5) is 0 Å². The molecule has 1 heterocycles. The topological polar surface area (TPSA) is 95.9 Å². The maximum Gasteiger partial charge on any atom is 0.251 e. The van der Waals surface area contributed by atoms with E-state index in [0.29, 0.717) is 44.8 Å². The van der Waals surface area contributed by atoms with E-state index in [4.69, 9.17) is 4.74 Å². The summed E-state index contributed by atoms with van der Waals surface area (Å²) < 4.78 is 31.7. The van der Waals surface area contributed by atoms with Crippen LogP contribution in [0.2, 0.25) is 0 Å². The molecule has 1 fully saturated rings. The van der Waals surface area contributed by atoms with Crippen LogP contribution in [0.5, 0.6) is 0 Å². The summed E-state index contributed by atoms with van der Waals surface area (Å²) in [5, 5.41) is 12.7. The quantitative estimate of drug-likeness (QED) is 0.769. The van der Waals surface area contributed by atoms with Crippen molar-refractivity contribution in [2.45, 2.75) is 38.2 Å². The summed E-state index contributed by atoms with van der Waals surface area (Å²) in [6, 6.07) is 5.90. The molecular weight excluding hydrogens is 356 g/mol. The number of carbonyl (C=O) groups excluding carboxylic acids is 1. The minimum Gasteiger partial charge on any atom is -0.393 e. The Morgan fingerprint density at radius 2 is 1.81 bits per heavy atom. The van der Waals surface area contributed by atoms with Crippen molar-refractivity contribution in [1.29, 1.82) is 0 Å². The summed E-state index contributed by atoms with van der Waals surface area (Å²) >= 11 is 0. The van der Waals surface area contributed by atoms with Crippen molar-refractivity contribution in [2.75, 3.05) is 32.8 Å². The molecule has 26 heavy (non-hydrogen) atoms. The summed E-state index contributed by atoms with van der Waals surface area (Å²) in [5.41, 5.74) is 0.149. The van der Waals surface area contributed by atoms with Crippen molar-refractivity contribution in [2.24, 2.45) is 5.41 Å². The largest absolute Gasteiger partial charge is 0.393 e. The molecule has 0 bridgehead atoms. The number of morpholine rings is 1. The normalized spacial score (nSPS) is 17.7. The molecule has 2 N–H and O–H groups in total. The van der Waals surface area contributed by atoms with Crippen LogP contribution >= 0.6 is 0 Å². The van der Waals surface area contributed by atoms with Gasteiger partial charge in [0.2, 0.25) is 10.0 Å². The van der Waals surface area contributed by atoms with E-state index < -0.39 is 16.1 Å². The van der Waals surface area contributed by atoms with Crippen LogP contribution in [0, 0.1) is 5.41 Å².